The SMILES string of the molecule is CCS(=O)(=O)c1ccc(CC(=O)Nc2cc(Cl)c(C3(c4nc5ccc(C(F)(F)F)cc5o4)CC3)c(Cl)c2)nc1. The summed E-state index contributed by atoms with van der Waals surface area (Å²) >= 11 is 13.2. The fourth-order valence-corrected chi connectivity index (χ4v) is 6.01. The van der Waals surface area contributed by atoms with Crippen LogP contribution in [0.3, 0.4) is 0 Å². The van der Waals surface area contributed by atoms with E-state index in [0.29, 0.717) is 29.8 Å². The van der Waals surface area contributed by atoms with Gasteiger partial charge in [0, 0.05) is 33.2 Å². The average molecular weight is 598 g/mol. The molecule has 1 aliphatic rings. The van der Waals surface area contributed by atoms with Crippen molar-refractivity contribution in [3.05, 3.63) is 81.4 Å². The van der Waals surface area contributed by atoms with Crippen LogP contribution in [0.1, 0.15) is 42.5 Å². The zero-order valence-corrected chi connectivity index (χ0v) is 22.6. The van der Waals surface area contributed by atoms with E-state index in [1.54, 1.807) is 0 Å². The maximum absolute atomic E-state index is 13.1. The predicted octanol–water partition coefficient (Wildman–Crippen LogP) is 6.60. The molecule has 0 radical (unpaired) electrons. The van der Waals surface area contributed by atoms with Gasteiger partial charge in [-0.3, -0.25) is 9.78 Å². The summed E-state index contributed by atoms with van der Waals surface area (Å²) in [6.07, 6.45) is -2.26. The Bertz CT molecular complexity index is 1680. The lowest BCUT2D eigenvalue weighted by atomic mass is 9.95. The van der Waals surface area contributed by atoms with Gasteiger partial charge in [0.2, 0.25) is 11.8 Å². The van der Waals surface area contributed by atoms with Crippen molar-refractivity contribution in [2.24, 2.45) is 0 Å². The highest BCUT2D eigenvalue weighted by Crippen LogP contribution is 2.57. The molecular formula is C26H20Cl2F3N3O4S. The number of rotatable bonds is 7. The summed E-state index contributed by atoms with van der Waals surface area (Å²) < 4.78 is 68.9. The maximum atomic E-state index is 13.1. The summed E-state index contributed by atoms with van der Waals surface area (Å²) in [5, 5.41) is 3.17. The number of benzene rings is 2. The maximum Gasteiger partial charge on any atom is 0.416 e. The minimum absolute atomic E-state index is 0.0103. The van der Waals surface area contributed by atoms with Crippen LogP contribution in [-0.2, 0) is 32.6 Å². The third-order valence-electron chi connectivity index (χ3n) is 6.56. The van der Waals surface area contributed by atoms with Gasteiger partial charge < -0.3 is 9.73 Å². The molecule has 0 saturated heterocycles. The average Bonchev–Trinajstić information content (AvgIpc) is 3.53. The quantitative estimate of drug-likeness (QED) is 0.257. The zero-order chi connectivity index (χ0) is 28.2. The van der Waals surface area contributed by atoms with Crippen molar-refractivity contribution in [2.75, 3.05) is 11.1 Å². The number of sulfone groups is 1. The molecule has 0 bridgehead atoms. The summed E-state index contributed by atoms with van der Waals surface area (Å²) in [5.74, 6) is -0.260. The number of anilines is 1. The van der Waals surface area contributed by atoms with Crippen LogP contribution < -0.4 is 5.32 Å². The molecule has 0 atom stereocenters. The number of halogens is 5. The standard InChI is InChI=1S/C26H20Cl2F3N3O4S/c1-2-39(36,37)17-5-4-15(32-13-17)12-22(35)33-16-10-18(27)23(19(28)11-16)25(7-8-25)24-34-20-6-3-14(26(29,30)31)9-21(20)38-24/h3-6,9-11,13H,2,7-8,12H2,1H3,(H,33,35). The Morgan fingerprint density at radius 1 is 1.10 bits per heavy atom. The van der Waals surface area contributed by atoms with Crippen LogP contribution in [0.5, 0.6) is 0 Å². The van der Waals surface area contributed by atoms with Gasteiger partial charge in [0.05, 0.1) is 28.0 Å². The van der Waals surface area contributed by atoms with E-state index in [9.17, 15) is 26.4 Å². The fraction of sp³-hybridized carbons (Fsp3) is 0.269. The van der Waals surface area contributed by atoms with E-state index in [0.717, 1.165) is 12.1 Å². The van der Waals surface area contributed by atoms with Crippen molar-refractivity contribution in [3.63, 3.8) is 0 Å². The number of nitrogens with one attached hydrogen (secondary N) is 1. The highest BCUT2D eigenvalue weighted by atomic mass is 35.5. The summed E-state index contributed by atoms with van der Waals surface area (Å²) in [6, 6.07) is 9.04. The summed E-state index contributed by atoms with van der Waals surface area (Å²) in [7, 11) is -3.40. The Morgan fingerprint density at radius 3 is 2.36 bits per heavy atom. The van der Waals surface area contributed by atoms with Crippen LogP contribution in [0, 0.1) is 0 Å². The number of alkyl halides is 3. The number of hydrogen-bond acceptors (Lipinski definition) is 6. The number of pyridine rings is 1. The van der Waals surface area contributed by atoms with E-state index >= 15 is 0 Å². The molecule has 7 nitrogen and oxygen atoms in total. The van der Waals surface area contributed by atoms with Gasteiger partial charge in [0.1, 0.15) is 5.52 Å². The summed E-state index contributed by atoms with van der Waals surface area (Å²) in [5.41, 5.74) is -0.120. The van der Waals surface area contributed by atoms with Crippen LogP contribution in [0.4, 0.5) is 18.9 Å². The Kier molecular flexibility index (Phi) is 6.89. The Hall–Kier alpha value is -3.15. The molecule has 13 heteroatoms. The van der Waals surface area contributed by atoms with E-state index in [1.807, 2.05) is 0 Å². The van der Waals surface area contributed by atoms with Crippen LogP contribution in [0.15, 0.2) is 58.0 Å². The fourth-order valence-electron chi connectivity index (χ4n) is 4.34. The second-order valence-corrected chi connectivity index (χ2v) is 12.3. The molecule has 4 aromatic rings. The molecule has 2 aromatic carbocycles. The lowest BCUT2D eigenvalue weighted by Crippen LogP contribution is -2.16. The molecule has 1 aliphatic carbocycles. The second-order valence-electron chi connectivity index (χ2n) is 9.21. The van der Waals surface area contributed by atoms with E-state index in [2.05, 4.69) is 15.3 Å². The first-order valence-electron chi connectivity index (χ1n) is 11.8. The monoisotopic (exact) mass is 597 g/mol. The van der Waals surface area contributed by atoms with Crippen LogP contribution >= 0.6 is 23.2 Å². The van der Waals surface area contributed by atoms with Gasteiger partial charge in [-0.2, -0.15) is 13.2 Å². The molecule has 2 aromatic heterocycles. The van der Waals surface area contributed by atoms with E-state index in [4.69, 9.17) is 27.6 Å². The molecule has 0 unspecified atom stereocenters. The largest absolute Gasteiger partial charge is 0.440 e. The third-order valence-corrected chi connectivity index (χ3v) is 8.87. The van der Waals surface area contributed by atoms with E-state index < -0.39 is 32.9 Å². The molecule has 1 fully saturated rings. The minimum Gasteiger partial charge on any atom is -0.440 e. The molecule has 204 valence electrons. The predicted molar refractivity (Wildman–Crippen MR) is 140 cm³/mol. The molecule has 0 spiro atoms. The summed E-state index contributed by atoms with van der Waals surface area (Å²) in [4.78, 5) is 21.1. The first-order chi connectivity index (χ1) is 18.3. The number of carbonyl (C=O) groups is 1. The minimum atomic E-state index is -4.51. The van der Waals surface area contributed by atoms with Gasteiger partial charge in [-0.15, -0.1) is 0 Å². The molecule has 1 saturated carbocycles. The van der Waals surface area contributed by atoms with Crippen LogP contribution in [0.2, 0.25) is 10.0 Å². The smallest absolute Gasteiger partial charge is 0.416 e. The molecule has 2 heterocycles. The van der Waals surface area contributed by atoms with Crippen molar-refractivity contribution in [1.29, 1.82) is 0 Å². The van der Waals surface area contributed by atoms with Crippen molar-refractivity contribution in [1.82, 2.24) is 9.97 Å². The highest BCUT2D eigenvalue weighted by Gasteiger charge is 2.53. The van der Waals surface area contributed by atoms with Crippen molar-refractivity contribution in [3.8, 4) is 0 Å². The van der Waals surface area contributed by atoms with Crippen molar-refractivity contribution < 1.29 is 30.8 Å². The molecular weight excluding hydrogens is 578 g/mol. The Balaban J connectivity index is 1.35. The first kappa shape index (κ1) is 27.4. The number of nitrogens with zero attached hydrogens (tertiary/aromatic N) is 2. The van der Waals surface area contributed by atoms with E-state index in [1.165, 1.54) is 43.5 Å². The molecule has 1 N–H and O–H groups in total. The molecule has 1 amide bonds. The van der Waals surface area contributed by atoms with Crippen molar-refractivity contribution in [2.45, 2.75) is 42.7 Å². The van der Waals surface area contributed by atoms with Gasteiger partial charge in [-0.25, -0.2) is 13.4 Å². The highest BCUT2D eigenvalue weighted by molar-refractivity contribution is 7.91. The number of aromatic nitrogens is 2. The lowest BCUT2D eigenvalue weighted by molar-refractivity contribution is -0.137. The lowest BCUT2D eigenvalue weighted by Gasteiger charge is -2.17. The van der Waals surface area contributed by atoms with E-state index in [-0.39, 0.29) is 44.1 Å². The van der Waals surface area contributed by atoms with Crippen molar-refractivity contribution >= 4 is 55.7 Å². The number of hydrogen-bond donors (Lipinski definition) is 1. The van der Waals surface area contributed by atoms with Crippen LogP contribution in [0.25, 0.3) is 11.1 Å². The zero-order valence-electron chi connectivity index (χ0n) is 20.3. The molecule has 5 rings (SSSR count). The molecule has 0 aliphatic heterocycles. The molecule has 39 heavy (non-hydrogen) atoms. The van der Waals surface area contributed by atoms with Gasteiger partial charge in [0.25, 0.3) is 0 Å². The normalized spacial score (nSPS) is 14.9. The first-order valence-corrected chi connectivity index (χ1v) is 14.2. The Morgan fingerprint density at radius 2 is 1.79 bits per heavy atom. The number of oxazole rings is 1. The van der Waals surface area contributed by atoms with Gasteiger partial charge in [0.15, 0.2) is 15.4 Å². The third kappa shape index (κ3) is 5.35. The number of amides is 1. The Labute approximate surface area is 231 Å². The number of carbonyl (C=O) groups excluding carboxylic acids is 1. The summed E-state index contributed by atoms with van der Waals surface area (Å²) in [6.45, 7) is 1.53. The van der Waals surface area contributed by atoms with Gasteiger partial charge in [-0.1, -0.05) is 30.1 Å². The van der Waals surface area contributed by atoms with Gasteiger partial charge >= 0.3 is 6.18 Å². The second kappa shape index (κ2) is 9.79. The van der Waals surface area contributed by atoms with Crippen LogP contribution in [-0.4, -0.2) is 30.0 Å². The number of fused-ring (bicyclic) bond motifs is 1. The topological polar surface area (TPSA) is 102 Å². The van der Waals surface area contributed by atoms with Gasteiger partial charge in [-0.05, 0) is 55.3 Å².